The van der Waals surface area contributed by atoms with Gasteiger partial charge in [0.1, 0.15) is 11.6 Å². The van der Waals surface area contributed by atoms with E-state index >= 15 is 0 Å². The number of nitrogens with zero attached hydrogens (tertiary/aromatic N) is 1. The van der Waals surface area contributed by atoms with Gasteiger partial charge in [0.15, 0.2) is 0 Å². The Balaban J connectivity index is 1.50. The van der Waals surface area contributed by atoms with E-state index in [1.54, 1.807) is 6.07 Å². The van der Waals surface area contributed by atoms with Crippen molar-refractivity contribution in [3.05, 3.63) is 102 Å². The fourth-order valence-corrected chi connectivity index (χ4v) is 4.36. The van der Waals surface area contributed by atoms with Gasteiger partial charge in [-0.1, -0.05) is 54.6 Å². The third-order valence-corrected chi connectivity index (χ3v) is 5.82. The normalized spacial score (nSPS) is 19.4. The van der Waals surface area contributed by atoms with Crippen molar-refractivity contribution in [3.63, 3.8) is 0 Å². The van der Waals surface area contributed by atoms with Crippen LogP contribution in [0.15, 0.2) is 78.9 Å². The molecule has 1 aliphatic carbocycles. The number of halogens is 2. The van der Waals surface area contributed by atoms with Crippen LogP contribution in [0, 0.1) is 11.6 Å². The summed E-state index contributed by atoms with van der Waals surface area (Å²) in [4.78, 5) is 2.48. The molecular weight excluding hydrogens is 352 g/mol. The lowest BCUT2D eigenvalue weighted by molar-refractivity contribution is 0.367. The molecule has 1 saturated carbocycles. The molecule has 0 radical (unpaired) electrons. The van der Waals surface area contributed by atoms with Gasteiger partial charge >= 0.3 is 0 Å². The van der Waals surface area contributed by atoms with E-state index < -0.39 is 11.6 Å². The van der Waals surface area contributed by atoms with Crippen LogP contribution >= 0.6 is 0 Å². The third-order valence-electron chi connectivity index (χ3n) is 5.82. The van der Waals surface area contributed by atoms with Gasteiger partial charge in [-0.05, 0) is 60.9 Å². The molecule has 4 rings (SSSR count). The molecular formula is C25H25F2N. The summed E-state index contributed by atoms with van der Waals surface area (Å²) < 4.78 is 27.4. The second-order valence-electron chi connectivity index (χ2n) is 7.62. The average Bonchev–Trinajstić information content (AvgIpc) is 2.74. The summed E-state index contributed by atoms with van der Waals surface area (Å²) in [5, 5.41) is 0. The summed E-state index contributed by atoms with van der Waals surface area (Å²) in [6.45, 7) is 0.866. The Morgan fingerprint density at radius 1 is 0.750 bits per heavy atom. The van der Waals surface area contributed by atoms with Crippen molar-refractivity contribution >= 4 is 5.69 Å². The van der Waals surface area contributed by atoms with Crippen LogP contribution in [0.5, 0.6) is 0 Å². The maximum atomic E-state index is 14.2. The van der Waals surface area contributed by atoms with Gasteiger partial charge in [0.25, 0.3) is 0 Å². The van der Waals surface area contributed by atoms with Crippen LogP contribution < -0.4 is 4.90 Å². The molecule has 0 aromatic heterocycles. The number of anilines is 1. The fourth-order valence-electron chi connectivity index (χ4n) is 4.36. The van der Waals surface area contributed by atoms with Gasteiger partial charge < -0.3 is 4.90 Å². The van der Waals surface area contributed by atoms with Crippen molar-refractivity contribution in [2.45, 2.75) is 44.2 Å². The highest BCUT2D eigenvalue weighted by atomic mass is 19.1. The van der Waals surface area contributed by atoms with E-state index in [9.17, 15) is 8.78 Å². The zero-order valence-corrected chi connectivity index (χ0v) is 15.9. The largest absolute Gasteiger partial charge is 0.364 e. The van der Waals surface area contributed by atoms with Crippen LogP contribution in [0.2, 0.25) is 0 Å². The quantitative estimate of drug-likeness (QED) is 0.478. The summed E-state index contributed by atoms with van der Waals surface area (Å²) in [6.07, 6.45) is 3.85. The maximum absolute atomic E-state index is 14.2. The van der Waals surface area contributed by atoms with Crippen LogP contribution in [-0.4, -0.2) is 6.04 Å². The summed E-state index contributed by atoms with van der Waals surface area (Å²) >= 11 is 0. The summed E-state index contributed by atoms with van der Waals surface area (Å²) in [5.74, 6) is -0.744. The maximum Gasteiger partial charge on any atom is 0.129 e. The van der Waals surface area contributed by atoms with Crippen molar-refractivity contribution in [2.75, 3.05) is 4.90 Å². The van der Waals surface area contributed by atoms with Gasteiger partial charge in [0.05, 0.1) is 0 Å². The van der Waals surface area contributed by atoms with Gasteiger partial charge in [-0.15, -0.1) is 0 Å². The van der Waals surface area contributed by atoms with Crippen molar-refractivity contribution in [3.8, 4) is 0 Å². The van der Waals surface area contributed by atoms with E-state index in [0.29, 0.717) is 11.6 Å². The predicted octanol–water partition coefficient (Wildman–Crippen LogP) is 6.70. The van der Waals surface area contributed by atoms with Gasteiger partial charge in [-0.3, -0.25) is 0 Å². The Morgan fingerprint density at radius 3 is 2.04 bits per heavy atom. The van der Waals surface area contributed by atoms with E-state index in [0.717, 1.165) is 38.3 Å². The predicted molar refractivity (Wildman–Crippen MR) is 110 cm³/mol. The van der Waals surface area contributed by atoms with Gasteiger partial charge in [-0.25, -0.2) is 8.78 Å². The monoisotopic (exact) mass is 377 g/mol. The lowest BCUT2D eigenvalue weighted by Crippen LogP contribution is -2.37. The lowest BCUT2D eigenvalue weighted by Gasteiger charge is -2.39. The molecule has 3 aromatic carbocycles. The minimum absolute atomic E-state index is 0.172. The first-order chi connectivity index (χ1) is 13.7. The molecule has 0 amide bonds. The number of hydrogen-bond donors (Lipinski definition) is 0. The number of hydrogen-bond acceptors (Lipinski definition) is 1. The third kappa shape index (κ3) is 4.24. The molecule has 1 fully saturated rings. The second-order valence-corrected chi connectivity index (χ2v) is 7.62. The number of rotatable bonds is 5. The molecule has 0 unspecified atom stereocenters. The average molecular weight is 377 g/mol. The Bertz CT molecular complexity index is 887. The molecule has 3 heteroatoms. The molecule has 144 valence electrons. The smallest absolute Gasteiger partial charge is 0.129 e. The molecule has 0 spiro atoms. The summed E-state index contributed by atoms with van der Waals surface area (Å²) in [7, 11) is 0. The number of para-hydroxylation sites is 1. The lowest BCUT2D eigenvalue weighted by atomic mass is 9.80. The van der Waals surface area contributed by atoms with Crippen molar-refractivity contribution in [2.24, 2.45) is 0 Å². The van der Waals surface area contributed by atoms with Gasteiger partial charge in [0.2, 0.25) is 0 Å². The van der Waals surface area contributed by atoms with Gasteiger partial charge in [0, 0.05) is 24.3 Å². The van der Waals surface area contributed by atoms with Crippen molar-refractivity contribution in [1.82, 2.24) is 0 Å². The highest BCUT2D eigenvalue weighted by Crippen LogP contribution is 2.37. The Hall–Kier alpha value is -2.68. The first-order valence-electron chi connectivity index (χ1n) is 10.0. The van der Waals surface area contributed by atoms with Crippen LogP contribution in [0.4, 0.5) is 14.5 Å². The van der Waals surface area contributed by atoms with Crippen LogP contribution in [-0.2, 0) is 6.54 Å². The summed E-state index contributed by atoms with van der Waals surface area (Å²) in [5.41, 5.74) is 3.18. The van der Waals surface area contributed by atoms with Crippen LogP contribution in [0.25, 0.3) is 0 Å². The van der Waals surface area contributed by atoms with Crippen LogP contribution in [0.3, 0.4) is 0 Å². The van der Waals surface area contributed by atoms with E-state index in [4.69, 9.17) is 0 Å². The Labute approximate surface area is 165 Å². The summed E-state index contributed by atoms with van der Waals surface area (Å²) in [6, 6.07) is 25.4. The SMILES string of the molecule is Fc1ccc([C@H]2CC[C@@H](N(Cc3ccccc3)c3ccccc3)CC2)c(F)c1. The molecule has 1 nitrogen and oxygen atoms in total. The molecule has 0 heterocycles. The highest BCUT2D eigenvalue weighted by molar-refractivity contribution is 5.48. The second kappa shape index (κ2) is 8.55. The minimum atomic E-state index is -0.506. The zero-order chi connectivity index (χ0) is 19.3. The molecule has 0 aliphatic heterocycles. The molecule has 1 aliphatic rings. The van der Waals surface area contributed by atoms with Crippen molar-refractivity contribution in [1.29, 1.82) is 0 Å². The molecule has 0 atom stereocenters. The molecule has 28 heavy (non-hydrogen) atoms. The van der Waals surface area contributed by atoms with Gasteiger partial charge in [-0.2, -0.15) is 0 Å². The molecule has 0 bridgehead atoms. The van der Waals surface area contributed by atoms with E-state index in [1.165, 1.54) is 17.3 Å². The molecule has 3 aromatic rings. The topological polar surface area (TPSA) is 3.24 Å². The highest BCUT2D eigenvalue weighted by Gasteiger charge is 2.28. The van der Waals surface area contributed by atoms with E-state index in [-0.39, 0.29) is 5.92 Å². The molecule has 0 N–H and O–H groups in total. The van der Waals surface area contributed by atoms with Crippen LogP contribution in [0.1, 0.15) is 42.7 Å². The molecule has 0 saturated heterocycles. The first-order valence-corrected chi connectivity index (χ1v) is 10.0. The van der Waals surface area contributed by atoms with Crippen molar-refractivity contribution < 1.29 is 8.78 Å². The van der Waals surface area contributed by atoms with E-state index in [2.05, 4.69) is 53.4 Å². The fraction of sp³-hybridized carbons (Fsp3) is 0.280. The first kappa shape index (κ1) is 18.7. The minimum Gasteiger partial charge on any atom is -0.364 e. The Kier molecular flexibility index (Phi) is 5.70. The van der Waals surface area contributed by atoms with E-state index in [1.807, 2.05) is 12.1 Å². The zero-order valence-electron chi connectivity index (χ0n) is 15.9. The number of benzene rings is 3. The standard InChI is InChI=1S/C25H25F2N/c26-21-13-16-24(25(27)17-21)20-11-14-23(15-12-20)28(22-9-5-2-6-10-22)18-19-7-3-1-4-8-19/h1-10,13,16-17,20,23H,11-12,14-15,18H2/t20-,23+. The Morgan fingerprint density at radius 2 is 1.39 bits per heavy atom.